The standard InChI is InChI=1S/C15H19BrFNO/c1-11-4-7-18(8-5-11)9-6-15(19)13-10-12(16)2-3-14(13)17/h2-3,10-11H,4-9H2,1H3. The second kappa shape index (κ2) is 6.62. The normalized spacial score (nSPS) is 17.6. The third-order valence-corrected chi connectivity index (χ3v) is 4.25. The van der Waals surface area contributed by atoms with Gasteiger partial charge in [0.1, 0.15) is 5.82 Å². The molecule has 1 aliphatic rings. The van der Waals surface area contributed by atoms with Crippen molar-refractivity contribution in [2.24, 2.45) is 5.92 Å². The van der Waals surface area contributed by atoms with Gasteiger partial charge in [0.25, 0.3) is 0 Å². The number of Topliss-reactive ketones (excluding diaryl/α,β-unsaturated/α-hetero) is 1. The van der Waals surface area contributed by atoms with Crippen molar-refractivity contribution in [3.63, 3.8) is 0 Å². The van der Waals surface area contributed by atoms with E-state index >= 15 is 0 Å². The van der Waals surface area contributed by atoms with E-state index in [1.807, 2.05) is 0 Å². The number of benzene rings is 1. The van der Waals surface area contributed by atoms with Crippen molar-refractivity contribution < 1.29 is 9.18 Å². The zero-order valence-electron chi connectivity index (χ0n) is 11.2. The lowest BCUT2D eigenvalue weighted by Crippen LogP contribution is -2.34. The molecule has 19 heavy (non-hydrogen) atoms. The van der Waals surface area contributed by atoms with Crippen LogP contribution >= 0.6 is 15.9 Å². The molecule has 0 aromatic heterocycles. The Morgan fingerprint density at radius 1 is 1.42 bits per heavy atom. The molecule has 0 bridgehead atoms. The van der Waals surface area contributed by atoms with Crippen molar-refractivity contribution >= 4 is 21.7 Å². The van der Waals surface area contributed by atoms with Crippen LogP contribution < -0.4 is 0 Å². The Bertz CT molecular complexity index is 455. The van der Waals surface area contributed by atoms with Crippen LogP contribution in [0.1, 0.15) is 36.5 Å². The molecule has 4 heteroatoms. The third kappa shape index (κ3) is 4.11. The fourth-order valence-electron chi connectivity index (χ4n) is 2.39. The average molecular weight is 328 g/mol. The Balaban J connectivity index is 1.89. The lowest BCUT2D eigenvalue weighted by Gasteiger charge is -2.29. The highest BCUT2D eigenvalue weighted by Gasteiger charge is 2.18. The van der Waals surface area contributed by atoms with Gasteiger partial charge >= 0.3 is 0 Å². The minimum atomic E-state index is -0.430. The van der Waals surface area contributed by atoms with Crippen LogP contribution in [0.15, 0.2) is 22.7 Å². The number of piperidine rings is 1. The third-order valence-electron chi connectivity index (χ3n) is 3.76. The number of carbonyl (C=O) groups is 1. The first-order valence-electron chi connectivity index (χ1n) is 6.77. The molecule has 0 N–H and O–H groups in total. The maximum Gasteiger partial charge on any atom is 0.167 e. The number of hydrogen-bond acceptors (Lipinski definition) is 2. The van der Waals surface area contributed by atoms with Crippen LogP contribution in [0.3, 0.4) is 0 Å². The predicted octanol–water partition coefficient (Wildman–Crippen LogP) is 3.89. The van der Waals surface area contributed by atoms with E-state index in [1.54, 1.807) is 12.1 Å². The highest BCUT2D eigenvalue weighted by Crippen LogP contribution is 2.19. The minimum absolute atomic E-state index is 0.113. The van der Waals surface area contributed by atoms with Gasteiger partial charge in [-0.3, -0.25) is 4.79 Å². The van der Waals surface area contributed by atoms with Gasteiger partial charge in [-0.15, -0.1) is 0 Å². The SMILES string of the molecule is CC1CCN(CCC(=O)c2cc(Br)ccc2F)CC1. The van der Waals surface area contributed by atoms with Crippen LogP contribution in [-0.2, 0) is 0 Å². The number of ketones is 1. The summed E-state index contributed by atoms with van der Waals surface area (Å²) in [6, 6.07) is 4.51. The Morgan fingerprint density at radius 3 is 2.79 bits per heavy atom. The molecule has 0 aliphatic carbocycles. The van der Waals surface area contributed by atoms with Gasteiger partial charge < -0.3 is 4.90 Å². The summed E-state index contributed by atoms with van der Waals surface area (Å²) in [6.07, 6.45) is 2.78. The zero-order chi connectivity index (χ0) is 13.8. The maximum atomic E-state index is 13.6. The van der Waals surface area contributed by atoms with Crippen molar-refractivity contribution in [1.82, 2.24) is 4.90 Å². The molecule has 2 nitrogen and oxygen atoms in total. The summed E-state index contributed by atoms with van der Waals surface area (Å²) >= 11 is 3.27. The number of halogens is 2. The van der Waals surface area contributed by atoms with Crippen molar-refractivity contribution in [2.45, 2.75) is 26.2 Å². The lowest BCUT2D eigenvalue weighted by molar-refractivity contribution is 0.0949. The smallest absolute Gasteiger partial charge is 0.167 e. The average Bonchev–Trinajstić information content (AvgIpc) is 2.40. The Labute approximate surface area is 122 Å². The molecule has 1 heterocycles. The highest BCUT2D eigenvalue weighted by atomic mass is 79.9. The first-order chi connectivity index (χ1) is 9.06. The van der Waals surface area contributed by atoms with Crippen LogP contribution in [-0.4, -0.2) is 30.3 Å². The summed E-state index contributed by atoms with van der Waals surface area (Å²) in [4.78, 5) is 14.3. The topological polar surface area (TPSA) is 20.3 Å². The predicted molar refractivity (Wildman–Crippen MR) is 77.9 cm³/mol. The van der Waals surface area contributed by atoms with E-state index in [0.29, 0.717) is 6.42 Å². The van der Waals surface area contributed by atoms with Gasteiger partial charge in [0.05, 0.1) is 5.56 Å². The van der Waals surface area contributed by atoms with Crippen molar-refractivity contribution in [1.29, 1.82) is 0 Å². The van der Waals surface area contributed by atoms with Crippen molar-refractivity contribution in [3.05, 3.63) is 34.1 Å². The summed E-state index contributed by atoms with van der Waals surface area (Å²) < 4.78 is 14.3. The van der Waals surface area contributed by atoms with Gasteiger partial charge in [-0.25, -0.2) is 4.39 Å². The van der Waals surface area contributed by atoms with E-state index in [2.05, 4.69) is 27.8 Å². The van der Waals surface area contributed by atoms with Gasteiger partial charge in [-0.2, -0.15) is 0 Å². The largest absolute Gasteiger partial charge is 0.303 e. The Morgan fingerprint density at radius 2 is 2.11 bits per heavy atom. The van der Waals surface area contributed by atoms with Crippen molar-refractivity contribution in [3.8, 4) is 0 Å². The number of likely N-dealkylation sites (tertiary alicyclic amines) is 1. The molecule has 0 atom stereocenters. The van der Waals surface area contributed by atoms with E-state index in [-0.39, 0.29) is 11.3 Å². The molecular weight excluding hydrogens is 309 g/mol. The van der Waals surface area contributed by atoms with Gasteiger partial charge in [-0.05, 0) is 50.0 Å². The number of carbonyl (C=O) groups excluding carboxylic acids is 1. The molecule has 1 fully saturated rings. The molecule has 104 valence electrons. The molecule has 1 aromatic rings. The minimum Gasteiger partial charge on any atom is -0.303 e. The Hall–Kier alpha value is -0.740. The molecule has 1 saturated heterocycles. The zero-order valence-corrected chi connectivity index (χ0v) is 12.7. The van der Waals surface area contributed by atoms with E-state index in [4.69, 9.17) is 0 Å². The fourth-order valence-corrected chi connectivity index (χ4v) is 2.75. The van der Waals surface area contributed by atoms with Crippen LogP contribution in [0.25, 0.3) is 0 Å². The number of rotatable bonds is 4. The van der Waals surface area contributed by atoms with Crippen LogP contribution in [0.5, 0.6) is 0 Å². The second-order valence-electron chi connectivity index (χ2n) is 5.32. The van der Waals surface area contributed by atoms with Crippen LogP contribution in [0, 0.1) is 11.7 Å². The number of nitrogens with zero attached hydrogens (tertiary/aromatic N) is 1. The van der Waals surface area contributed by atoms with Crippen molar-refractivity contribution in [2.75, 3.05) is 19.6 Å². The van der Waals surface area contributed by atoms with E-state index in [0.717, 1.165) is 30.0 Å². The van der Waals surface area contributed by atoms with Gasteiger partial charge in [0.15, 0.2) is 5.78 Å². The van der Waals surface area contributed by atoms with E-state index < -0.39 is 5.82 Å². The molecule has 0 radical (unpaired) electrons. The van der Waals surface area contributed by atoms with Crippen LogP contribution in [0.4, 0.5) is 4.39 Å². The van der Waals surface area contributed by atoms with Gasteiger partial charge in [-0.1, -0.05) is 22.9 Å². The summed E-state index contributed by atoms with van der Waals surface area (Å²) in [5, 5.41) is 0. The molecule has 0 unspecified atom stereocenters. The molecule has 0 amide bonds. The monoisotopic (exact) mass is 327 g/mol. The fraction of sp³-hybridized carbons (Fsp3) is 0.533. The van der Waals surface area contributed by atoms with Gasteiger partial charge in [0.2, 0.25) is 0 Å². The summed E-state index contributed by atoms with van der Waals surface area (Å²) in [7, 11) is 0. The number of hydrogen-bond donors (Lipinski definition) is 0. The second-order valence-corrected chi connectivity index (χ2v) is 6.24. The molecular formula is C15H19BrFNO. The van der Waals surface area contributed by atoms with E-state index in [9.17, 15) is 9.18 Å². The summed E-state index contributed by atoms with van der Waals surface area (Å²) in [6.45, 7) is 5.10. The molecule has 0 spiro atoms. The quantitative estimate of drug-likeness (QED) is 0.782. The Kier molecular flexibility index (Phi) is 5.11. The highest BCUT2D eigenvalue weighted by molar-refractivity contribution is 9.10. The molecule has 0 saturated carbocycles. The van der Waals surface area contributed by atoms with E-state index in [1.165, 1.54) is 18.9 Å². The summed E-state index contributed by atoms with van der Waals surface area (Å²) in [5.74, 6) is 0.243. The first-order valence-corrected chi connectivity index (χ1v) is 7.56. The maximum absolute atomic E-state index is 13.6. The van der Waals surface area contributed by atoms with Gasteiger partial charge in [0, 0.05) is 17.4 Å². The van der Waals surface area contributed by atoms with Crippen LogP contribution in [0.2, 0.25) is 0 Å². The molecule has 2 rings (SSSR count). The lowest BCUT2D eigenvalue weighted by atomic mass is 9.99. The summed E-state index contributed by atoms with van der Waals surface area (Å²) in [5.41, 5.74) is 0.194. The molecule has 1 aliphatic heterocycles. The first kappa shape index (κ1) is 14.7. The molecule has 1 aromatic carbocycles.